The number of carbonyl (C=O) groups is 1. The van der Waals surface area contributed by atoms with Crippen LogP contribution >= 0.6 is 0 Å². The molecule has 198 valence electrons. The van der Waals surface area contributed by atoms with Gasteiger partial charge in [0.25, 0.3) is 15.9 Å². The van der Waals surface area contributed by atoms with Crippen molar-refractivity contribution in [2.24, 2.45) is 0 Å². The van der Waals surface area contributed by atoms with E-state index in [1.165, 1.54) is 44.4 Å². The number of sulfonamides is 2. The summed E-state index contributed by atoms with van der Waals surface area (Å²) in [5, 5.41) is 2.70. The molecular weight excluding hydrogens is 514 g/mol. The zero-order valence-corrected chi connectivity index (χ0v) is 23.0. The first kappa shape index (κ1) is 28.2. The highest BCUT2D eigenvalue weighted by molar-refractivity contribution is 7.92. The molecule has 0 aliphatic rings. The van der Waals surface area contributed by atoms with Crippen LogP contribution in [-0.4, -0.2) is 54.3 Å². The van der Waals surface area contributed by atoms with Gasteiger partial charge in [-0.15, -0.1) is 0 Å². The number of anilines is 1. The minimum absolute atomic E-state index is 0.0161. The number of hydrogen-bond acceptors (Lipinski definition) is 6. The van der Waals surface area contributed by atoms with E-state index >= 15 is 0 Å². The Labute approximate surface area is 218 Å². The minimum Gasteiger partial charge on any atom is -0.492 e. The van der Waals surface area contributed by atoms with E-state index in [4.69, 9.17) is 4.74 Å². The molecular formula is C26H31N3O6S2. The molecule has 3 rings (SSSR count). The predicted molar refractivity (Wildman–Crippen MR) is 143 cm³/mol. The summed E-state index contributed by atoms with van der Waals surface area (Å²) in [6.45, 7) is 5.81. The quantitative estimate of drug-likeness (QED) is 0.376. The molecule has 0 fully saturated rings. The highest BCUT2D eigenvalue weighted by Gasteiger charge is 2.20. The maximum absolute atomic E-state index is 13.0. The number of carbonyl (C=O) groups excluding carboxylic acids is 1. The normalized spacial score (nSPS) is 11.8. The lowest BCUT2D eigenvalue weighted by atomic mass is 10.1. The second-order valence-corrected chi connectivity index (χ2v) is 12.6. The Morgan fingerprint density at radius 2 is 1.49 bits per heavy atom. The summed E-state index contributed by atoms with van der Waals surface area (Å²) in [7, 11) is -4.53. The molecule has 0 saturated heterocycles. The Bertz CT molecular complexity index is 1500. The van der Waals surface area contributed by atoms with Crippen molar-refractivity contribution in [3.05, 3.63) is 82.9 Å². The van der Waals surface area contributed by atoms with E-state index in [9.17, 15) is 21.6 Å². The van der Waals surface area contributed by atoms with Gasteiger partial charge in [-0.3, -0.25) is 9.52 Å². The molecule has 3 aromatic rings. The topological polar surface area (TPSA) is 122 Å². The van der Waals surface area contributed by atoms with Crippen LogP contribution in [0.3, 0.4) is 0 Å². The van der Waals surface area contributed by atoms with Crippen LogP contribution in [0.4, 0.5) is 5.69 Å². The van der Waals surface area contributed by atoms with Gasteiger partial charge < -0.3 is 10.1 Å². The highest BCUT2D eigenvalue weighted by atomic mass is 32.2. The van der Waals surface area contributed by atoms with Gasteiger partial charge in [0.1, 0.15) is 12.4 Å². The number of nitrogens with zero attached hydrogens (tertiary/aromatic N) is 1. The van der Waals surface area contributed by atoms with Crippen molar-refractivity contribution in [2.75, 3.05) is 32.0 Å². The second kappa shape index (κ2) is 11.3. The van der Waals surface area contributed by atoms with Gasteiger partial charge in [0.2, 0.25) is 10.0 Å². The Balaban J connectivity index is 1.61. The molecule has 11 heteroatoms. The molecule has 0 unspecified atom stereocenters. The van der Waals surface area contributed by atoms with Crippen LogP contribution in [0, 0.1) is 20.8 Å². The van der Waals surface area contributed by atoms with E-state index in [0.717, 1.165) is 15.4 Å². The van der Waals surface area contributed by atoms with Gasteiger partial charge in [-0.05, 0) is 86.0 Å². The van der Waals surface area contributed by atoms with Crippen molar-refractivity contribution in [2.45, 2.75) is 30.6 Å². The van der Waals surface area contributed by atoms with Crippen molar-refractivity contribution < 1.29 is 26.4 Å². The third-order valence-electron chi connectivity index (χ3n) is 5.76. The smallest absolute Gasteiger partial charge is 0.262 e. The number of rotatable bonds is 10. The summed E-state index contributed by atoms with van der Waals surface area (Å²) in [6, 6.07) is 15.8. The van der Waals surface area contributed by atoms with Crippen molar-refractivity contribution in [1.82, 2.24) is 9.62 Å². The van der Waals surface area contributed by atoms with E-state index in [-0.39, 0.29) is 28.5 Å². The molecule has 0 heterocycles. The lowest BCUT2D eigenvalue weighted by Gasteiger charge is -2.13. The summed E-state index contributed by atoms with van der Waals surface area (Å²) in [6.07, 6.45) is 0. The molecule has 0 aliphatic carbocycles. The van der Waals surface area contributed by atoms with E-state index in [0.29, 0.717) is 17.0 Å². The number of amides is 1. The first-order valence-corrected chi connectivity index (χ1v) is 14.4. The van der Waals surface area contributed by atoms with E-state index < -0.39 is 26.0 Å². The second-order valence-electron chi connectivity index (χ2n) is 8.75. The molecule has 1 amide bonds. The fourth-order valence-corrected chi connectivity index (χ4v) is 5.62. The predicted octanol–water partition coefficient (Wildman–Crippen LogP) is 3.47. The first-order valence-electron chi connectivity index (χ1n) is 11.5. The molecule has 0 radical (unpaired) electrons. The number of nitrogens with one attached hydrogen (secondary N) is 2. The lowest BCUT2D eigenvalue weighted by Crippen LogP contribution is -2.28. The highest BCUT2D eigenvalue weighted by Crippen LogP contribution is 2.23. The van der Waals surface area contributed by atoms with E-state index in [2.05, 4.69) is 10.0 Å². The third kappa shape index (κ3) is 6.88. The Morgan fingerprint density at radius 1 is 0.838 bits per heavy atom. The molecule has 9 nitrogen and oxygen atoms in total. The monoisotopic (exact) mass is 545 g/mol. The molecule has 0 atom stereocenters. The summed E-state index contributed by atoms with van der Waals surface area (Å²) in [5.74, 6) is 0.00624. The average molecular weight is 546 g/mol. The van der Waals surface area contributed by atoms with Crippen LogP contribution in [0.15, 0.2) is 70.5 Å². The zero-order chi connectivity index (χ0) is 27.4. The van der Waals surface area contributed by atoms with Crippen LogP contribution in [0.1, 0.15) is 27.0 Å². The van der Waals surface area contributed by atoms with Gasteiger partial charge >= 0.3 is 0 Å². The Hall–Kier alpha value is -3.41. The molecule has 3 aromatic carbocycles. The van der Waals surface area contributed by atoms with Gasteiger partial charge in [-0.2, -0.15) is 0 Å². The summed E-state index contributed by atoms with van der Waals surface area (Å²) < 4.78 is 59.6. The number of aryl methyl sites for hydroxylation is 3. The van der Waals surface area contributed by atoms with Crippen LogP contribution in [0.25, 0.3) is 0 Å². The van der Waals surface area contributed by atoms with Crippen molar-refractivity contribution in [3.63, 3.8) is 0 Å². The largest absolute Gasteiger partial charge is 0.492 e. The molecule has 0 aliphatic heterocycles. The van der Waals surface area contributed by atoms with Crippen LogP contribution < -0.4 is 14.8 Å². The van der Waals surface area contributed by atoms with Crippen LogP contribution in [0.5, 0.6) is 5.75 Å². The molecule has 37 heavy (non-hydrogen) atoms. The van der Waals surface area contributed by atoms with E-state index in [1.807, 2.05) is 19.9 Å². The molecule has 0 saturated carbocycles. The first-order chi connectivity index (χ1) is 17.3. The van der Waals surface area contributed by atoms with Gasteiger partial charge in [0.05, 0.1) is 16.3 Å². The average Bonchev–Trinajstić information content (AvgIpc) is 2.84. The van der Waals surface area contributed by atoms with Crippen molar-refractivity contribution in [3.8, 4) is 5.75 Å². The maximum Gasteiger partial charge on any atom is 0.262 e. The fourth-order valence-electron chi connectivity index (χ4n) is 3.40. The molecule has 0 bridgehead atoms. The molecule has 0 spiro atoms. The zero-order valence-electron chi connectivity index (χ0n) is 21.4. The lowest BCUT2D eigenvalue weighted by molar-refractivity contribution is 0.0946. The van der Waals surface area contributed by atoms with Gasteiger partial charge in [0, 0.05) is 25.3 Å². The van der Waals surface area contributed by atoms with Gasteiger partial charge in [0.15, 0.2) is 0 Å². The third-order valence-corrected chi connectivity index (χ3v) is 9.11. The minimum atomic E-state index is -3.91. The summed E-state index contributed by atoms with van der Waals surface area (Å²) in [4.78, 5) is 12.8. The van der Waals surface area contributed by atoms with Gasteiger partial charge in [-0.25, -0.2) is 21.1 Å². The SMILES string of the molecule is Cc1ccc(NS(=O)(=O)c2cc(C(=O)NCCOc3ccc(S(=O)(=O)N(C)C)cc3)ccc2C)cc1C. The summed E-state index contributed by atoms with van der Waals surface area (Å²) >= 11 is 0. The number of benzene rings is 3. The van der Waals surface area contributed by atoms with E-state index in [1.54, 1.807) is 31.2 Å². The number of ether oxygens (including phenoxy) is 1. The standard InChI is InChI=1S/C26H31N3O6S2/c1-18-7-9-22(16-20(18)3)28-36(31,32)25-17-21(8-6-19(25)2)26(30)27-14-15-35-23-10-12-24(13-11-23)37(33,34)29(4)5/h6-13,16-17,28H,14-15H2,1-5H3,(H,27,30). The molecule has 0 aromatic heterocycles. The Morgan fingerprint density at radius 3 is 2.11 bits per heavy atom. The van der Waals surface area contributed by atoms with Gasteiger partial charge in [-0.1, -0.05) is 12.1 Å². The molecule has 2 N–H and O–H groups in total. The van der Waals surface area contributed by atoms with Crippen LogP contribution in [-0.2, 0) is 20.0 Å². The van der Waals surface area contributed by atoms with Crippen molar-refractivity contribution >= 4 is 31.6 Å². The fraction of sp³-hybridized carbons (Fsp3) is 0.269. The summed E-state index contributed by atoms with van der Waals surface area (Å²) in [5.41, 5.74) is 3.17. The maximum atomic E-state index is 13.0. The van der Waals surface area contributed by atoms with Crippen molar-refractivity contribution in [1.29, 1.82) is 0 Å². The number of hydrogen-bond donors (Lipinski definition) is 2. The Kier molecular flexibility index (Phi) is 8.62. The van der Waals surface area contributed by atoms with Crippen LogP contribution in [0.2, 0.25) is 0 Å².